The summed E-state index contributed by atoms with van der Waals surface area (Å²) in [6, 6.07) is 0. The van der Waals surface area contributed by atoms with Crippen molar-refractivity contribution in [2.24, 2.45) is 0 Å². The van der Waals surface area contributed by atoms with Gasteiger partial charge in [-0.1, -0.05) is 22.9 Å². The molecule has 0 aliphatic carbocycles. The maximum Gasteiger partial charge on any atom is 0.263 e. The number of nitrogens with one attached hydrogen (secondary N) is 1. The summed E-state index contributed by atoms with van der Waals surface area (Å²) in [5.74, 6) is -0.167. The highest BCUT2D eigenvalue weighted by molar-refractivity contribution is 7.17. The predicted molar refractivity (Wildman–Crippen MR) is 70.8 cm³/mol. The number of nitrogens with zero attached hydrogens (tertiary/aromatic N) is 3. The summed E-state index contributed by atoms with van der Waals surface area (Å²) in [5, 5.41) is 7.77. The lowest BCUT2D eigenvalue weighted by Gasteiger charge is -2.04. The van der Waals surface area contributed by atoms with E-state index in [0.29, 0.717) is 33.8 Å². The summed E-state index contributed by atoms with van der Waals surface area (Å²) in [7, 11) is 0. The SMILES string of the molecule is Cc1nc(N)sc1C(=O)NCCn1cc(Cl)cn1. The second kappa shape index (κ2) is 5.36. The number of thiazole rings is 1. The van der Waals surface area contributed by atoms with Gasteiger partial charge >= 0.3 is 0 Å². The minimum absolute atomic E-state index is 0.167. The Hall–Kier alpha value is -1.60. The zero-order valence-corrected chi connectivity index (χ0v) is 11.3. The van der Waals surface area contributed by atoms with Crippen molar-refractivity contribution in [2.75, 3.05) is 12.3 Å². The van der Waals surface area contributed by atoms with E-state index in [2.05, 4.69) is 15.4 Å². The number of halogens is 1. The number of nitrogen functional groups attached to an aromatic ring is 1. The first-order chi connectivity index (χ1) is 8.56. The normalized spacial score (nSPS) is 10.6. The van der Waals surface area contributed by atoms with Crippen LogP contribution in [-0.2, 0) is 6.54 Å². The summed E-state index contributed by atoms with van der Waals surface area (Å²) in [6.07, 6.45) is 3.25. The fraction of sp³-hybridized carbons (Fsp3) is 0.300. The van der Waals surface area contributed by atoms with Crippen molar-refractivity contribution in [2.45, 2.75) is 13.5 Å². The van der Waals surface area contributed by atoms with E-state index in [0.717, 1.165) is 0 Å². The second-order valence-electron chi connectivity index (χ2n) is 3.64. The predicted octanol–water partition coefficient (Wildman–Crippen LogP) is 1.31. The van der Waals surface area contributed by atoms with Crippen LogP contribution >= 0.6 is 22.9 Å². The summed E-state index contributed by atoms with van der Waals surface area (Å²) < 4.78 is 1.66. The Kier molecular flexibility index (Phi) is 3.83. The first kappa shape index (κ1) is 12.8. The van der Waals surface area contributed by atoms with Gasteiger partial charge in [-0.25, -0.2) is 4.98 Å². The molecule has 0 aromatic carbocycles. The van der Waals surface area contributed by atoms with Gasteiger partial charge in [0.25, 0.3) is 5.91 Å². The molecule has 2 aromatic rings. The number of amides is 1. The van der Waals surface area contributed by atoms with Crippen LogP contribution in [0.3, 0.4) is 0 Å². The van der Waals surface area contributed by atoms with Gasteiger partial charge in [0, 0.05) is 12.7 Å². The summed E-state index contributed by atoms with van der Waals surface area (Å²) >= 11 is 6.91. The van der Waals surface area contributed by atoms with Crippen molar-refractivity contribution in [1.29, 1.82) is 0 Å². The maximum absolute atomic E-state index is 11.8. The average Bonchev–Trinajstić information content (AvgIpc) is 2.85. The lowest BCUT2D eigenvalue weighted by Crippen LogP contribution is -2.27. The van der Waals surface area contributed by atoms with Crippen LogP contribution in [0, 0.1) is 6.92 Å². The Labute approximate surface area is 113 Å². The summed E-state index contributed by atoms with van der Waals surface area (Å²) in [4.78, 5) is 16.4. The summed E-state index contributed by atoms with van der Waals surface area (Å²) in [6.45, 7) is 2.79. The van der Waals surface area contributed by atoms with Gasteiger partial charge in [-0.15, -0.1) is 0 Å². The summed E-state index contributed by atoms with van der Waals surface area (Å²) in [5.41, 5.74) is 6.19. The number of rotatable bonds is 4. The van der Waals surface area contributed by atoms with E-state index in [1.165, 1.54) is 11.3 Å². The maximum atomic E-state index is 11.8. The Bertz CT molecular complexity index is 564. The van der Waals surface area contributed by atoms with E-state index >= 15 is 0 Å². The molecular weight excluding hydrogens is 274 g/mol. The molecule has 0 radical (unpaired) electrons. The molecule has 0 spiro atoms. The number of hydrogen-bond donors (Lipinski definition) is 2. The lowest BCUT2D eigenvalue weighted by atomic mass is 10.4. The highest BCUT2D eigenvalue weighted by atomic mass is 35.5. The van der Waals surface area contributed by atoms with Crippen LogP contribution in [0.2, 0.25) is 5.02 Å². The van der Waals surface area contributed by atoms with E-state index in [4.69, 9.17) is 17.3 Å². The average molecular weight is 286 g/mol. The smallest absolute Gasteiger partial charge is 0.263 e. The van der Waals surface area contributed by atoms with Gasteiger partial charge in [-0.2, -0.15) is 5.10 Å². The molecule has 18 heavy (non-hydrogen) atoms. The largest absolute Gasteiger partial charge is 0.375 e. The monoisotopic (exact) mass is 285 g/mol. The molecule has 0 saturated carbocycles. The third kappa shape index (κ3) is 2.99. The number of aromatic nitrogens is 3. The van der Waals surface area contributed by atoms with E-state index < -0.39 is 0 Å². The van der Waals surface area contributed by atoms with Crippen LogP contribution in [0.5, 0.6) is 0 Å². The molecule has 0 aliphatic rings. The molecule has 0 atom stereocenters. The van der Waals surface area contributed by atoms with E-state index in [1.54, 1.807) is 24.0 Å². The molecule has 0 saturated heterocycles. The van der Waals surface area contributed by atoms with Crippen molar-refractivity contribution >= 4 is 34.0 Å². The highest BCUT2D eigenvalue weighted by Crippen LogP contribution is 2.19. The Morgan fingerprint density at radius 2 is 2.44 bits per heavy atom. The molecule has 2 rings (SSSR count). The zero-order chi connectivity index (χ0) is 13.1. The van der Waals surface area contributed by atoms with E-state index in [1.807, 2.05) is 0 Å². The number of anilines is 1. The van der Waals surface area contributed by atoms with Gasteiger partial charge in [0.15, 0.2) is 5.13 Å². The van der Waals surface area contributed by atoms with Crippen molar-refractivity contribution in [3.05, 3.63) is 28.0 Å². The van der Waals surface area contributed by atoms with E-state index in [9.17, 15) is 4.79 Å². The standard InChI is InChI=1S/C10H12ClN5OS/c1-6-8(18-10(12)15-6)9(17)13-2-3-16-5-7(11)4-14-16/h4-5H,2-3H2,1H3,(H2,12,15)(H,13,17). The molecule has 2 aromatic heterocycles. The van der Waals surface area contributed by atoms with Crippen molar-refractivity contribution in [3.63, 3.8) is 0 Å². The van der Waals surface area contributed by atoms with Gasteiger partial charge in [-0.3, -0.25) is 9.48 Å². The van der Waals surface area contributed by atoms with E-state index in [-0.39, 0.29) is 5.91 Å². The molecule has 0 bridgehead atoms. The first-order valence-corrected chi connectivity index (χ1v) is 6.45. The molecule has 1 amide bonds. The van der Waals surface area contributed by atoms with Gasteiger partial charge in [0.1, 0.15) is 4.88 Å². The Morgan fingerprint density at radius 1 is 1.67 bits per heavy atom. The third-order valence-corrected chi connectivity index (χ3v) is 3.43. The van der Waals surface area contributed by atoms with Crippen LogP contribution in [0.15, 0.2) is 12.4 Å². The van der Waals surface area contributed by atoms with Crippen LogP contribution in [0.25, 0.3) is 0 Å². The molecule has 0 fully saturated rings. The van der Waals surface area contributed by atoms with Gasteiger partial charge in [0.2, 0.25) is 0 Å². The molecular formula is C10H12ClN5OS. The third-order valence-electron chi connectivity index (χ3n) is 2.25. The second-order valence-corrected chi connectivity index (χ2v) is 5.11. The number of nitrogens with two attached hydrogens (primary N) is 1. The van der Waals surface area contributed by atoms with Crippen molar-refractivity contribution < 1.29 is 4.79 Å². The topological polar surface area (TPSA) is 85.8 Å². The number of aryl methyl sites for hydroxylation is 1. The number of carbonyl (C=O) groups is 1. The van der Waals surface area contributed by atoms with Crippen LogP contribution in [0.4, 0.5) is 5.13 Å². The molecule has 8 heteroatoms. The number of hydrogen-bond acceptors (Lipinski definition) is 5. The highest BCUT2D eigenvalue weighted by Gasteiger charge is 2.13. The zero-order valence-electron chi connectivity index (χ0n) is 9.68. The van der Waals surface area contributed by atoms with Crippen molar-refractivity contribution in [1.82, 2.24) is 20.1 Å². The van der Waals surface area contributed by atoms with Crippen LogP contribution < -0.4 is 11.1 Å². The Morgan fingerprint density at radius 3 is 3.00 bits per heavy atom. The molecule has 0 unspecified atom stereocenters. The van der Waals surface area contributed by atoms with Gasteiger partial charge in [0.05, 0.1) is 23.5 Å². The minimum Gasteiger partial charge on any atom is -0.375 e. The van der Waals surface area contributed by atoms with Crippen molar-refractivity contribution in [3.8, 4) is 0 Å². The van der Waals surface area contributed by atoms with Crippen LogP contribution in [0.1, 0.15) is 15.4 Å². The lowest BCUT2D eigenvalue weighted by molar-refractivity contribution is 0.0955. The fourth-order valence-corrected chi connectivity index (χ4v) is 2.36. The quantitative estimate of drug-likeness (QED) is 0.887. The molecule has 3 N–H and O–H groups in total. The minimum atomic E-state index is -0.167. The Balaban J connectivity index is 1.87. The first-order valence-electron chi connectivity index (χ1n) is 5.25. The van der Waals surface area contributed by atoms with Gasteiger partial charge < -0.3 is 11.1 Å². The number of carbonyl (C=O) groups excluding carboxylic acids is 1. The molecule has 6 nitrogen and oxygen atoms in total. The van der Waals surface area contributed by atoms with Gasteiger partial charge in [-0.05, 0) is 6.92 Å². The molecule has 0 aliphatic heterocycles. The molecule has 96 valence electrons. The molecule has 2 heterocycles. The van der Waals surface area contributed by atoms with Crippen LogP contribution in [-0.4, -0.2) is 27.2 Å². The fourth-order valence-electron chi connectivity index (χ4n) is 1.45.